The molecule has 1 unspecified atom stereocenters. The zero-order valence-corrected chi connectivity index (χ0v) is 18.1. The highest BCUT2D eigenvalue weighted by molar-refractivity contribution is 8.22. The molecule has 1 fully saturated rings. The summed E-state index contributed by atoms with van der Waals surface area (Å²) in [6.07, 6.45) is 6.83. The summed E-state index contributed by atoms with van der Waals surface area (Å²) in [5.41, 5.74) is 1.24. The molecule has 2 aliphatic rings. The minimum Gasteiger partial charge on any atom is -0.490 e. The quantitative estimate of drug-likeness (QED) is 0.597. The largest absolute Gasteiger partial charge is 0.490 e. The molecule has 0 bridgehead atoms. The van der Waals surface area contributed by atoms with E-state index < -0.39 is 0 Å². The number of ether oxygens (including phenoxy) is 2. The number of hydrogen-bond acceptors (Lipinski definition) is 7. The smallest absolute Gasteiger partial charge is 0.315 e. The van der Waals surface area contributed by atoms with Crippen LogP contribution in [-0.4, -0.2) is 42.8 Å². The molecule has 1 aromatic carbocycles. The van der Waals surface area contributed by atoms with Crippen molar-refractivity contribution in [2.75, 3.05) is 20.3 Å². The molecule has 4 rings (SSSR count). The van der Waals surface area contributed by atoms with Gasteiger partial charge in [-0.3, -0.25) is 4.98 Å². The fourth-order valence-electron chi connectivity index (χ4n) is 2.98. The maximum absolute atomic E-state index is 12.0. The van der Waals surface area contributed by atoms with Crippen molar-refractivity contribution in [3.8, 4) is 11.8 Å². The standard InChI is InChI=1S/C21H22N4O3S2/c1-27-8-9-28-17-11-16-15(10-13(17)12-22)18(6-7-23-16)29-20-5-4-19(30-20)25-21(26)24-14-2-3-14/h5-7,10-11,14,19H,2-4,8-9H2,1H3,(H2,24,25,26). The summed E-state index contributed by atoms with van der Waals surface area (Å²) in [5, 5.41) is 16.5. The first-order valence-corrected chi connectivity index (χ1v) is 11.4. The van der Waals surface area contributed by atoms with E-state index in [2.05, 4.69) is 27.8 Å². The first-order chi connectivity index (χ1) is 14.7. The van der Waals surface area contributed by atoms with Crippen LogP contribution < -0.4 is 15.4 Å². The molecule has 0 saturated heterocycles. The number of carbonyl (C=O) groups is 1. The van der Waals surface area contributed by atoms with Gasteiger partial charge >= 0.3 is 6.03 Å². The number of hydrogen-bond donors (Lipinski definition) is 2. The predicted molar refractivity (Wildman–Crippen MR) is 118 cm³/mol. The molecule has 0 radical (unpaired) electrons. The Hall–Kier alpha value is -2.41. The van der Waals surface area contributed by atoms with Gasteiger partial charge in [-0.2, -0.15) is 5.26 Å². The van der Waals surface area contributed by atoms with Crippen molar-refractivity contribution in [3.05, 3.63) is 40.3 Å². The van der Waals surface area contributed by atoms with Crippen LogP contribution in [-0.2, 0) is 4.74 Å². The number of nitrogens with one attached hydrogen (secondary N) is 2. The third kappa shape index (κ3) is 5.19. The molecule has 1 aliphatic heterocycles. The number of fused-ring (bicyclic) bond motifs is 1. The van der Waals surface area contributed by atoms with Crippen molar-refractivity contribution in [2.45, 2.75) is 35.6 Å². The normalized spacial score (nSPS) is 18.0. The third-order valence-electron chi connectivity index (χ3n) is 4.64. The summed E-state index contributed by atoms with van der Waals surface area (Å²) < 4.78 is 11.8. The number of methoxy groups -OCH3 is 1. The highest BCUT2D eigenvalue weighted by Gasteiger charge is 2.26. The first kappa shape index (κ1) is 20.8. The van der Waals surface area contributed by atoms with E-state index in [0.717, 1.165) is 39.3 Å². The van der Waals surface area contributed by atoms with Crippen molar-refractivity contribution in [2.24, 2.45) is 0 Å². The Bertz CT molecular complexity index is 1020. The number of pyridine rings is 1. The van der Waals surface area contributed by atoms with Crippen LogP contribution in [0.2, 0.25) is 0 Å². The second-order valence-corrected chi connectivity index (χ2v) is 9.57. The minimum absolute atomic E-state index is 0.0369. The third-order valence-corrected chi connectivity index (χ3v) is 7.12. The summed E-state index contributed by atoms with van der Waals surface area (Å²) in [5.74, 6) is 0.511. The minimum atomic E-state index is -0.0938. The van der Waals surface area contributed by atoms with Gasteiger partial charge in [0.05, 0.1) is 23.1 Å². The van der Waals surface area contributed by atoms with Gasteiger partial charge in [-0.25, -0.2) is 4.79 Å². The lowest BCUT2D eigenvalue weighted by Crippen LogP contribution is -2.40. The number of amides is 2. The van der Waals surface area contributed by atoms with Gasteiger partial charge in [-0.05, 0) is 31.4 Å². The van der Waals surface area contributed by atoms with Crippen molar-refractivity contribution in [1.82, 2.24) is 15.6 Å². The van der Waals surface area contributed by atoms with Gasteiger partial charge in [0.2, 0.25) is 0 Å². The highest BCUT2D eigenvalue weighted by Crippen LogP contribution is 2.44. The number of aromatic nitrogens is 1. The zero-order valence-electron chi connectivity index (χ0n) is 16.5. The Morgan fingerprint density at radius 1 is 1.37 bits per heavy atom. The van der Waals surface area contributed by atoms with Crippen LogP contribution in [0.3, 0.4) is 0 Å². The maximum Gasteiger partial charge on any atom is 0.315 e. The lowest BCUT2D eigenvalue weighted by molar-refractivity contribution is 0.146. The molecule has 9 heteroatoms. The summed E-state index contributed by atoms with van der Waals surface area (Å²) in [4.78, 5) is 17.4. The molecule has 2 N–H and O–H groups in total. The lowest BCUT2D eigenvalue weighted by atomic mass is 10.1. The molecule has 1 aromatic heterocycles. The van der Waals surface area contributed by atoms with Crippen molar-refractivity contribution < 1.29 is 14.3 Å². The number of benzene rings is 1. The Morgan fingerprint density at radius 3 is 3.00 bits per heavy atom. The zero-order chi connectivity index (χ0) is 20.9. The molecule has 1 aliphatic carbocycles. The number of thioether (sulfide) groups is 2. The van der Waals surface area contributed by atoms with Crippen LogP contribution in [0.15, 0.2) is 39.6 Å². The van der Waals surface area contributed by atoms with Crippen LogP contribution in [0, 0.1) is 11.3 Å². The maximum atomic E-state index is 12.0. The number of urea groups is 1. The second kappa shape index (κ2) is 9.60. The predicted octanol–water partition coefficient (Wildman–Crippen LogP) is 3.99. The van der Waals surface area contributed by atoms with Crippen LogP contribution in [0.25, 0.3) is 10.9 Å². The molecule has 2 amide bonds. The average molecular weight is 443 g/mol. The van der Waals surface area contributed by atoms with Crippen LogP contribution >= 0.6 is 23.5 Å². The van der Waals surface area contributed by atoms with E-state index in [4.69, 9.17) is 9.47 Å². The van der Waals surface area contributed by atoms with Gasteiger partial charge in [-0.15, -0.1) is 0 Å². The Kier molecular flexibility index (Phi) is 6.67. The molecular weight excluding hydrogens is 420 g/mol. The Balaban J connectivity index is 1.45. The topological polar surface area (TPSA) is 96.3 Å². The molecule has 1 saturated carbocycles. The van der Waals surface area contributed by atoms with E-state index >= 15 is 0 Å². The van der Waals surface area contributed by atoms with Crippen LogP contribution in [0.5, 0.6) is 5.75 Å². The van der Waals surface area contributed by atoms with E-state index in [0.29, 0.717) is 30.6 Å². The van der Waals surface area contributed by atoms with E-state index in [1.54, 1.807) is 42.9 Å². The summed E-state index contributed by atoms with van der Waals surface area (Å²) in [6.45, 7) is 0.822. The molecule has 7 nitrogen and oxygen atoms in total. The molecule has 2 heterocycles. The fourth-order valence-corrected chi connectivity index (χ4v) is 5.42. The summed E-state index contributed by atoms with van der Waals surface area (Å²) in [7, 11) is 1.61. The van der Waals surface area contributed by atoms with Gasteiger partial charge < -0.3 is 20.1 Å². The first-order valence-electron chi connectivity index (χ1n) is 9.72. The van der Waals surface area contributed by atoms with Gasteiger partial charge in [0.25, 0.3) is 0 Å². The number of nitrogens with zero attached hydrogens (tertiary/aromatic N) is 2. The second-order valence-electron chi connectivity index (χ2n) is 6.99. The number of nitriles is 1. The molecular formula is C21H22N4O3S2. The van der Waals surface area contributed by atoms with Crippen molar-refractivity contribution >= 4 is 40.5 Å². The Labute approximate surface area is 183 Å². The van der Waals surface area contributed by atoms with Gasteiger partial charge in [0.1, 0.15) is 18.4 Å². The van der Waals surface area contributed by atoms with Gasteiger partial charge in [-0.1, -0.05) is 29.6 Å². The van der Waals surface area contributed by atoms with Gasteiger partial charge in [0, 0.05) is 39.9 Å². The molecule has 0 spiro atoms. The van der Waals surface area contributed by atoms with E-state index in [-0.39, 0.29) is 11.4 Å². The van der Waals surface area contributed by atoms with E-state index in [1.165, 1.54) is 0 Å². The summed E-state index contributed by atoms with van der Waals surface area (Å²) in [6, 6.07) is 8.03. The SMILES string of the molecule is COCCOc1cc2nccc(SC3=CCC(NC(=O)NC4CC4)S3)c2cc1C#N. The number of rotatable bonds is 8. The lowest BCUT2D eigenvalue weighted by Gasteiger charge is -2.14. The summed E-state index contributed by atoms with van der Waals surface area (Å²) >= 11 is 3.27. The number of carbonyl (C=O) groups excluding carboxylic acids is 1. The molecule has 2 aromatic rings. The molecule has 30 heavy (non-hydrogen) atoms. The monoisotopic (exact) mass is 442 g/mol. The fraction of sp³-hybridized carbons (Fsp3) is 0.381. The van der Waals surface area contributed by atoms with Crippen LogP contribution in [0.4, 0.5) is 4.79 Å². The van der Waals surface area contributed by atoms with Crippen LogP contribution in [0.1, 0.15) is 24.8 Å². The van der Waals surface area contributed by atoms with Crippen molar-refractivity contribution in [3.63, 3.8) is 0 Å². The van der Waals surface area contributed by atoms with E-state index in [9.17, 15) is 10.1 Å². The average Bonchev–Trinajstić information content (AvgIpc) is 3.45. The Morgan fingerprint density at radius 2 is 2.23 bits per heavy atom. The van der Waals surface area contributed by atoms with Crippen molar-refractivity contribution in [1.29, 1.82) is 5.26 Å². The highest BCUT2D eigenvalue weighted by atomic mass is 32.2. The molecule has 156 valence electrons. The van der Waals surface area contributed by atoms with Gasteiger partial charge in [0.15, 0.2) is 0 Å². The van der Waals surface area contributed by atoms with E-state index in [1.807, 2.05) is 12.1 Å². The molecule has 1 atom stereocenters.